The Kier molecular flexibility index (Phi) is 3.17. The summed E-state index contributed by atoms with van der Waals surface area (Å²) in [6.07, 6.45) is 0.718. The molecule has 0 amide bonds. The lowest BCUT2D eigenvalue weighted by Crippen LogP contribution is -2.15. The fraction of sp³-hybridized carbons (Fsp3) is 0.462. The van der Waals surface area contributed by atoms with Gasteiger partial charge in [-0.3, -0.25) is 0 Å². The molecule has 0 aromatic heterocycles. The minimum absolute atomic E-state index is 0.216. The summed E-state index contributed by atoms with van der Waals surface area (Å²) in [6, 6.07) is 7.27. The number of esters is 1. The van der Waals surface area contributed by atoms with Gasteiger partial charge in [0, 0.05) is 7.11 Å². The molecule has 1 aromatic carbocycles. The fourth-order valence-corrected chi connectivity index (χ4v) is 1.96. The number of aliphatic hydroxyl groups is 1. The van der Waals surface area contributed by atoms with Gasteiger partial charge in [-0.2, -0.15) is 0 Å². The van der Waals surface area contributed by atoms with E-state index in [-0.39, 0.29) is 5.60 Å². The second-order valence-corrected chi connectivity index (χ2v) is 4.25. The van der Waals surface area contributed by atoms with Gasteiger partial charge in [0.2, 0.25) is 0 Å². The Balaban J connectivity index is 2.26. The predicted octanol–water partition coefficient (Wildman–Crippen LogP) is 1.53. The Bertz CT molecular complexity index is 423. The summed E-state index contributed by atoms with van der Waals surface area (Å²) in [5, 5.41) is 9.76. The molecule has 2 rings (SSSR count). The number of methoxy groups -OCH3 is 2. The van der Waals surface area contributed by atoms with Crippen molar-refractivity contribution in [2.45, 2.75) is 24.5 Å². The standard InChI is InChI=1S/C13H16O4/c1-16-12(15)11(14)9-4-3-5-10(8-9)13(17-2)6-7-13/h3-5,8,11,14H,6-7H2,1-2H3. The fourth-order valence-electron chi connectivity index (χ4n) is 1.96. The van der Waals surface area contributed by atoms with Crippen LogP contribution in [0.3, 0.4) is 0 Å². The highest BCUT2D eigenvalue weighted by Crippen LogP contribution is 2.48. The molecule has 1 atom stereocenters. The van der Waals surface area contributed by atoms with Gasteiger partial charge >= 0.3 is 5.97 Å². The van der Waals surface area contributed by atoms with E-state index in [4.69, 9.17) is 4.74 Å². The Morgan fingerprint density at radius 2 is 2.12 bits per heavy atom. The third kappa shape index (κ3) is 2.18. The monoisotopic (exact) mass is 236 g/mol. The zero-order chi connectivity index (χ0) is 12.5. The summed E-state index contributed by atoms with van der Waals surface area (Å²) in [6.45, 7) is 0. The van der Waals surface area contributed by atoms with Crippen LogP contribution in [0.1, 0.15) is 30.1 Å². The van der Waals surface area contributed by atoms with Gasteiger partial charge in [0.15, 0.2) is 6.10 Å². The summed E-state index contributed by atoms with van der Waals surface area (Å²) in [4.78, 5) is 11.3. The maximum Gasteiger partial charge on any atom is 0.339 e. The first kappa shape index (κ1) is 12.1. The number of carbonyl (C=O) groups excluding carboxylic acids is 1. The number of hydrogen-bond acceptors (Lipinski definition) is 4. The number of ether oxygens (including phenoxy) is 2. The maximum absolute atomic E-state index is 11.3. The summed E-state index contributed by atoms with van der Waals surface area (Å²) < 4.78 is 9.97. The lowest BCUT2D eigenvalue weighted by atomic mass is 10.0. The molecule has 1 aliphatic carbocycles. The highest BCUT2D eigenvalue weighted by molar-refractivity contribution is 5.76. The van der Waals surface area contributed by atoms with E-state index in [2.05, 4.69) is 4.74 Å². The van der Waals surface area contributed by atoms with Crippen molar-refractivity contribution in [2.24, 2.45) is 0 Å². The SMILES string of the molecule is COC(=O)C(O)c1cccc(C2(OC)CC2)c1. The van der Waals surface area contributed by atoms with Crippen molar-refractivity contribution in [3.05, 3.63) is 35.4 Å². The van der Waals surface area contributed by atoms with Gasteiger partial charge in [0.05, 0.1) is 12.7 Å². The van der Waals surface area contributed by atoms with Crippen LogP contribution in [-0.4, -0.2) is 25.3 Å². The van der Waals surface area contributed by atoms with Gasteiger partial charge in [-0.05, 0) is 30.0 Å². The molecule has 1 unspecified atom stereocenters. The van der Waals surface area contributed by atoms with Crippen molar-refractivity contribution in [1.82, 2.24) is 0 Å². The van der Waals surface area contributed by atoms with Crippen LogP contribution in [0.25, 0.3) is 0 Å². The van der Waals surface area contributed by atoms with Gasteiger partial charge in [0.1, 0.15) is 0 Å². The second kappa shape index (κ2) is 4.47. The molecule has 1 fully saturated rings. The van der Waals surface area contributed by atoms with Crippen LogP contribution in [-0.2, 0) is 19.9 Å². The number of hydrogen-bond donors (Lipinski definition) is 1. The molecule has 1 aliphatic rings. The molecule has 0 heterocycles. The molecule has 0 spiro atoms. The van der Waals surface area contributed by atoms with Crippen molar-refractivity contribution in [3.8, 4) is 0 Å². The van der Waals surface area contributed by atoms with Gasteiger partial charge in [-0.15, -0.1) is 0 Å². The molecular weight excluding hydrogens is 220 g/mol. The van der Waals surface area contributed by atoms with E-state index < -0.39 is 12.1 Å². The van der Waals surface area contributed by atoms with E-state index >= 15 is 0 Å². The number of rotatable bonds is 4. The van der Waals surface area contributed by atoms with Gasteiger partial charge in [-0.25, -0.2) is 4.79 Å². The van der Waals surface area contributed by atoms with Crippen molar-refractivity contribution in [1.29, 1.82) is 0 Å². The number of benzene rings is 1. The highest BCUT2D eigenvalue weighted by atomic mass is 16.5. The van der Waals surface area contributed by atoms with E-state index in [0.717, 1.165) is 18.4 Å². The number of carbonyl (C=O) groups is 1. The minimum Gasteiger partial charge on any atom is -0.467 e. The van der Waals surface area contributed by atoms with Gasteiger partial charge in [-0.1, -0.05) is 18.2 Å². The first-order chi connectivity index (χ1) is 8.13. The Morgan fingerprint density at radius 3 is 2.65 bits per heavy atom. The van der Waals surface area contributed by atoms with Crippen LogP contribution >= 0.6 is 0 Å². The highest BCUT2D eigenvalue weighted by Gasteiger charge is 2.44. The van der Waals surface area contributed by atoms with Crippen LogP contribution in [0.5, 0.6) is 0 Å². The topological polar surface area (TPSA) is 55.8 Å². The van der Waals surface area contributed by atoms with Crippen LogP contribution in [0, 0.1) is 0 Å². The smallest absolute Gasteiger partial charge is 0.339 e. The van der Waals surface area contributed by atoms with Crippen molar-refractivity contribution in [3.63, 3.8) is 0 Å². The molecule has 0 saturated heterocycles. The van der Waals surface area contributed by atoms with Crippen molar-refractivity contribution >= 4 is 5.97 Å². The molecule has 17 heavy (non-hydrogen) atoms. The average molecular weight is 236 g/mol. The molecule has 92 valence electrons. The molecule has 1 N–H and O–H groups in total. The lowest BCUT2D eigenvalue weighted by molar-refractivity contribution is -0.150. The first-order valence-electron chi connectivity index (χ1n) is 5.54. The Morgan fingerprint density at radius 1 is 1.41 bits per heavy atom. The summed E-state index contributed by atoms with van der Waals surface area (Å²) in [5.74, 6) is -0.649. The molecule has 4 nitrogen and oxygen atoms in total. The molecule has 1 saturated carbocycles. The average Bonchev–Trinajstić information content (AvgIpc) is 3.18. The lowest BCUT2D eigenvalue weighted by Gasteiger charge is -2.16. The van der Waals surface area contributed by atoms with Crippen LogP contribution in [0.4, 0.5) is 0 Å². The summed E-state index contributed by atoms with van der Waals surface area (Å²) in [7, 11) is 2.93. The van der Waals surface area contributed by atoms with Gasteiger partial charge < -0.3 is 14.6 Å². The van der Waals surface area contributed by atoms with Crippen molar-refractivity contribution < 1.29 is 19.4 Å². The number of aliphatic hydroxyl groups excluding tert-OH is 1. The normalized spacial score (nSPS) is 18.5. The molecule has 0 aliphatic heterocycles. The van der Waals surface area contributed by atoms with Crippen LogP contribution < -0.4 is 0 Å². The molecular formula is C13H16O4. The van der Waals surface area contributed by atoms with Crippen molar-refractivity contribution in [2.75, 3.05) is 14.2 Å². The first-order valence-corrected chi connectivity index (χ1v) is 5.54. The van der Waals surface area contributed by atoms with Crippen LogP contribution in [0.2, 0.25) is 0 Å². The van der Waals surface area contributed by atoms with E-state index in [0.29, 0.717) is 5.56 Å². The predicted molar refractivity (Wildman–Crippen MR) is 61.3 cm³/mol. The minimum atomic E-state index is -1.23. The van der Waals surface area contributed by atoms with E-state index in [1.165, 1.54) is 7.11 Å². The van der Waals surface area contributed by atoms with Crippen LogP contribution in [0.15, 0.2) is 24.3 Å². The molecule has 0 bridgehead atoms. The Labute approximate surface area is 100 Å². The zero-order valence-electron chi connectivity index (χ0n) is 9.97. The largest absolute Gasteiger partial charge is 0.467 e. The van der Waals surface area contributed by atoms with Gasteiger partial charge in [0.25, 0.3) is 0 Å². The third-order valence-corrected chi connectivity index (χ3v) is 3.25. The molecule has 4 heteroatoms. The Hall–Kier alpha value is -1.39. The quantitative estimate of drug-likeness (QED) is 0.805. The summed E-state index contributed by atoms with van der Waals surface area (Å²) >= 11 is 0. The molecule has 0 radical (unpaired) electrons. The maximum atomic E-state index is 11.3. The second-order valence-electron chi connectivity index (χ2n) is 4.25. The third-order valence-electron chi connectivity index (χ3n) is 3.25. The van der Waals surface area contributed by atoms with E-state index in [9.17, 15) is 9.90 Å². The molecule has 1 aromatic rings. The zero-order valence-corrected chi connectivity index (χ0v) is 9.97. The van der Waals surface area contributed by atoms with E-state index in [1.54, 1.807) is 19.2 Å². The van der Waals surface area contributed by atoms with E-state index in [1.807, 2.05) is 12.1 Å². The summed E-state index contributed by atoms with van der Waals surface area (Å²) in [5.41, 5.74) is 1.32.